The van der Waals surface area contributed by atoms with Crippen molar-refractivity contribution < 1.29 is 19.7 Å². The smallest absolute Gasteiger partial charge is 0.161 e. The Morgan fingerprint density at radius 1 is 1.12 bits per heavy atom. The van der Waals surface area contributed by atoms with Gasteiger partial charge >= 0.3 is 0 Å². The van der Waals surface area contributed by atoms with E-state index in [0.29, 0.717) is 12.2 Å². The molecule has 1 aromatic rings. The molecule has 4 heteroatoms. The number of phenols is 1. The number of aliphatic hydroxyl groups is 1. The van der Waals surface area contributed by atoms with Crippen molar-refractivity contribution in [1.82, 2.24) is 0 Å². The van der Waals surface area contributed by atoms with Gasteiger partial charge in [0.15, 0.2) is 17.3 Å². The number of ether oxygens (including phenoxy) is 1. The van der Waals surface area contributed by atoms with Crippen molar-refractivity contribution in [2.75, 3.05) is 7.11 Å². The largest absolute Gasteiger partial charge is 0.508 e. The Bertz CT molecular complexity index is 588. The fraction of sp³-hybridized carbons (Fsp3) is 0.476. The van der Waals surface area contributed by atoms with Crippen LogP contribution < -0.4 is 4.74 Å². The SMILES string of the molecule is CCCCCCCCCC(=O)C=C(O)C=Cc1ccc(O)c(OC)c1. The van der Waals surface area contributed by atoms with Crippen molar-refractivity contribution >= 4 is 11.9 Å². The Morgan fingerprint density at radius 3 is 2.48 bits per heavy atom. The number of allylic oxidation sites excluding steroid dienone is 2. The topological polar surface area (TPSA) is 66.8 Å². The second-order valence-corrected chi connectivity index (χ2v) is 6.17. The van der Waals surface area contributed by atoms with Gasteiger partial charge in [-0.25, -0.2) is 0 Å². The van der Waals surface area contributed by atoms with Crippen molar-refractivity contribution in [1.29, 1.82) is 0 Å². The first kappa shape index (κ1) is 20.8. The summed E-state index contributed by atoms with van der Waals surface area (Å²) in [7, 11) is 1.47. The molecule has 0 aromatic heterocycles. The van der Waals surface area contributed by atoms with Gasteiger partial charge in [-0.1, -0.05) is 57.6 Å². The van der Waals surface area contributed by atoms with Crippen LogP contribution in [-0.4, -0.2) is 23.1 Å². The first-order chi connectivity index (χ1) is 12.1. The molecular formula is C21H30O4. The van der Waals surface area contributed by atoms with E-state index < -0.39 is 0 Å². The molecule has 0 heterocycles. The summed E-state index contributed by atoms with van der Waals surface area (Å²) >= 11 is 0. The number of phenolic OH excluding ortho intramolecular Hbond substituents is 1. The van der Waals surface area contributed by atoms with Gasteiger partial charge < -0.3 is 14.9 Å². The monoisotopic (exact) mass is 346 g/mol. The van der Waals surface area contributed by atoms with Crippen LogP contribution in [0.2, 0.25) is 0 Å². The van der Waals surface area contributed by atoms with Gasteiger partial charge in [0.1, 0.15) is 5.76 Å². The Labute approximate surface area is 150 Å². The minimum absolute atomic E-state index is 0.0565. The van der Waals surface area contributed by atoms with Crippen LogP contribution in [0.25, 0.3) is 6.08 Å². The lowest BCUT2D eigenvalue weighted by atomic mass is 10.1. The third-order valence-electron chi connectivity index (χ3n) is 3.99. The van der Waals surface area contributed by atoms with E-state index in [9.17, 15) is 15.0 Å². The molecule has 0 spiro atoms. The number of unbranched alkanes of at least 4 members (excludes halogenated alkanes) is 6. The molecule has 0 aliphatic rings. The van der Waals surface area contributed by atoms with E-state index in [2.05, 4.69) is 6.92 Å². The number of aliphatic hydroxyl groups excluding tert-OH is 1. The van der Waals surface area contributed by atoms with Gasteiger partial charge in [0.2, 0.25) is 0 Å². The van der Waals surface area contributed by atoms with E-state index in [4.69, 9.17) is 4.74 Å². The van der Waals surface area contributed by atoms with E-state index in [1.165, 1.54) is 57.4 Å². The molecule has 0 aliphatic heterocycles. The van der Waals surface area contributed by atoms with Gasteiger partial charge in [0.05, 0.1) is 7.11 Å². The van der Waals surface area contributed by atoms with Crippen molar-refractivity contribution in [2.45, 2.75) is 58.3 Å². The maximum atomic E-state index is 11.8. The van der Waals surface area contributed by atoms with Gasteiger partial charge in [0.25, 0.3) is 0 Å². The number of hydrogen-bond donors (Lipinski definition) is 2. The molecule has 0 aliphatic carbocycles. The van der Waals surface area contributed by atoms with Gasteiger partial charge in [-0.3, -0.25) is 4.79 Å². The molecule has 0 bridgehead atoms. The molecule has 4 nitrogen and oxygen atoms in total. The van der Waals surface area contributed by atoms with Crippen LogP contribution >= 0.6 is 0 Å². The molecule has 0 atom stereocenters. The maximum Gasteiger partial charge on any atom is 0.161 e. The molecule has 0 amide bonds. The summed E-state index contributed by atoms with van der Waals surface area (Å²) in [5.74, 6) is 0.295. The highest BCUT2D eigenvalue weighted by molar-refractivity contribution is 5.90. The van der Waals surface area contributed by atoms with Crippen molar-refractivity contribution in [3.8, 4) is 11.5 Å². The molecule has 0 radical (unpaired) electrons. The zero-order valence-electron chi connectivity index (χ0n) is 15.3. The maximum absolute atomic E-state index is 11.8. The van der Waals surface area contributed by atoms with Gasteiger partial charge in [-0.15, -0.1) is 0 Å². The highest BCUT2D eigenvalue weighted by atomic mass is 16.5. The average Bonchev–Trinajstić information content (AvgIpc) is 2.60. The van der Waals surface area contributed by atoms with Crippen LogP contribution in [0, 0.1) is 0 Å². The Balaban J connectivity index is 2.37. The number of rotatable bonds is 12. The first-order valence-corrected chi connectivity index (χ1v) is 9.05. The molecule has 25 heavy (non-hydrogen) atoms. The zero-order valence-corrected chi connectivity index (χ0v) is 15.3. The number of carbonyl (C=O) groups excluding carboxylic acids is 1. The Hall–Kier alpha value is -2.23. The molecule has 138 valence electrons. The van der Waals surface area contributed by atoms with Crippen molar-refractivity contribution in [2.24, 2.45) is 0 Å². The number of aromatic hydroxyl groups is 1. The third kappa shape index (κ3) is 8.99. The third-order valence-corrected chi connectivity index (χ3v) is 3.99. The van der Waals surface area contributed by atoms with Crippen molar-refractivity contribution in [3.05, 3.63) is 41.7 Å². The van der Waals surface area contributed by atoms with Gasteiger partial charge in [-0.2, -0.15) is 0 Å². The summed E-state index contributed by atoms with van der Waals surface area (Å²) < 4.78 is 5.03. The standard InChI is InChI=1S/C21H30O4/c1-3-4-5-6-7-8-9-10-18(22)16-19(23)13-11-17-12-14-20(24)21(15-17)25-2/h11-16,23-24H,3-10H2,1-2H3. The number of carbonyl (C=O) groups is 1. The minimum Gasteiger partial charge on any atom is -0.508 e. The summed E-state index contributed by atoms with van der Waals surface area (Å²) in [6.45, 7) is 2.20. The lowest BCUT2D eigenvalue weighted by Crippen LogP contribution is -1.94. The highest BCUT2D eigenvalue weighted by Gasteiger charge is 2.02. The number of benzene rings is 1. The Kier molecular flexibility index (Phi) is 10.1. The van der Waals surface area contributed by atoms with E-state index >= 15 is 0 Å². The average molecular weight is 346 g/mol. The number of ketones is 1. The lowest BCUT2D eigenvalue weighted by Gasteiger charge is -2.03. The minimum atomic E-state index is -0.0695. The van der Waals surface area contributed by atoms with Crippen molar-refractivity contribution in [3.63, 3.8) is 0 Å². The molecule has 0 saturated heterocycles. The molecule has 0 unspecified atom stereocenters. The molecule has 0 saturated carbocycles. The van der Waals surface area contributed by atoms with Crippen LogP contribution in [0.3, 0.4) is 0 Å². The summed E-state index contributed by atoms with van der Waals surface area (Å²) in [5, 5.41) is 19.4. The fourth-order valence-electron chi connectivity index (χ4n) is 2.52. The quantitative estimate of drug-likeness (QED) is 0.225. The normalized spacial score (nSPS) is 11.8. The van der Waals surface area contributed by atoms with E-state index in [0.717, 1.165) is 18.4 Å². The van der Waals surface area contributed by atoms with E-state index in [-0.39, 0.29) is 17.3 Å². The molecular weight excluding hydrogens is 316 g/mol. The Morgan fingerprint density at radius 2 is 1.80 bits per heavy atom. The van der Waals surface area contributed by atoms with Crippen LogP contribution in [0.15, 0.2) is 36.1 Å². The summed E-state index contributed by atoms with van der Waals surface area (Å²) in [6, 6.07) is 4.87. The zero-order chi connectivity index (χ0) is 18.5. The molecule has 0 fully saturated rings. The predicted molar refractivity (Wildman–Crippen MR) is 102 cm³/mol. The van der Waals surface area contributed by atoms with Gasteiger partial charge in [-0.05, 0) is 30.2 Å². The van der Waals surface area contributed by atoms with Crippen LogP contribution in [0.4, 0.5) is 0 Å². The van der Waals surface area contributed by atoms with Gasteiger partial charge in [0, 0.05) is 12.5 Å². The first-order valence-electron chi connectivity index (χ1n) is 9.05. The van der Waals surface area contributed by atoms with E-state index in [1.807, 2.05) is 0 Å². The molecule has 1 rings (SSSR count). The number of hydrogen-bond acceptors (Lipinski definition) is 4. The lowest BCUT2D eigenvalue weighted by molar-refractivity contribution is -0.114. The van der Waals surface area contributed by atoms with Crippen LogP contribution in [-0.2, 0) is 4.79 Å². The van der Waals surface area contributed by atoms with Crippen LogP contribution in [0.5, 0.6) is 11.5 Å². The highest BCUT2D eigenvalue weighted by Crippen LogP contribution is 2.26. The predicted octanol–water partition coefficient (Wildman–Crippen LogP) is 5.57. The molecule has 2 N–H and O–H groups in total. The molecule has 1 aromatic carbocycles. The summed E-state index contributed by atoms with van der Waals surface area (Å²) in [4.78, 5) is 11.8. The number of methoxy groups -OCH3 is 1. The summed E-state index contributed by atoms with van der Waals surface area (Å²) in [6.07, 6.45) is 13.0. The second kappa shape index (κ2) is 12.2. The second-order valence-electron chi connectivity index (χ2n) is 6.17. The van der Waals surface area contributed by atoms with Crippen LogP contribution in [0.1, 0.15) is 63.9 Å². The van der Waals surface area contributed by atoms with E-state index in [1.54, 1.807) is 18.2 Å². The fourth-order valence-corrected chi connectivity index (χ4v) is 2.52. The summed E-state index contributed by atoms with van der Waals surface area (Å²) in [5.41, 5.74) is 0.758.